The van der Waals surface area contributed by atoms with Crippen molar-refractivity contribution in [3.05, 3.63) is 81.5 Å². The Bertz CT molecular complexity index is 1460. The van der Waals surface area contributed by atoms with E-state index in [1.165, 1.54) is 12.1 Å². The van der Waals surface area contributed by atoms with Crippen molar-refractivity contribution in [2.45, 2.75) is 58.3 Å². The third kappa shape index (κ3) is 7.73. The van der Waals surface area contributed by atoms with Crippen molar-refractivity contribution in [1.82, 2.24) is 24.6 Å². The van der Waals surface area contributed by atoms with E-state index < -0.39 is 31.8 Å². The van der Waals surface area contributed by atoms with Gasteiger partial charge in [-0.1, -0.05) is 25.7 Å². The van der Waals surface area contributed by atoms with Crippen LogP contribution in [0.5, 0.6) is 0 Å². The minimum Gasteiger partial charge on any atom is -0.465 e. The Balaban J connectivity index is 1.58. The molecule has 8 nitrogen and oxygen atoms in total. The number of carbonyl (C=O) groups is 1. The Labute approximate surface area is 235 Å². The Morgan fingerprint density at radius 1 is 1.15 bits per heavy atom. The zero-order chi connectivity index (χ0) is 28.3. The van der Waals surface area contributed by atoms with Crippen LogP contribution in [0.3, 0.4) is 0 Å². The molecule has 0 aliphatic rings. The molecule has 0 aliphatic heterocycles. The highest BCUT2D eigenvalue weighted by molar-refractivity contribution is 9.10. The van der Waals surface area contributed by atoms with Crippen molar-refractivity contribution in [2.24, 2.45) is 0 Å². The molecule has 2 aromatic carbocycles. The molecule has 0 saturated heterocycles. The predicted octanol–water partition coefficient (Wildman–Crippen LogP) is 6.49. The number of halogens is 3. The number of aromatic nitrogens is 4. The summed E-state index contributed by atoms with van der Waals surface area (Å²) in [6.07, 6.45) is 2.57. The lowest BCUT2D eigenvalue weighted by Gasteiger charge is -2.19. The van der Waals surface area contributed by atoms with Gasteiger partial charge < -0.3 is 19.7 Å². The Kier molecular flexibility index (Phi) is 8.87. The van der Waals surface area contributed by atoms with Crippen LogP contribution in [-0.4, -0.2) is 45.2 Å². The highest BCUT2D eigenvalue weighted by Crippen LogP contribution is 2.27. The van der Waals surface area contributed by atoms with Crippen molar-refractivity contribution >= 4 is 41.0 Å². The number of imidazole rings is 1. The number of nitrogens with one attached hydrogen (secondary N) is 1. The van der Waals surface area contributed by atoms with Gasteiger partial charge in [0, 0.05) is 38.8 Å². The first-order valence-corrected chi connectivity index (χ1v) is 17.1. The molecule has 2 aromatic heterocycles. The van der Waals surface area contributed by atoms with Crippen molar-refractivity contribution in [3.63, 3.8) is 0 Å². The molecule has 208 valence electrons. The third-order valence-corrected chi connectivity index (χ3v) is 8.61. The molecule has 2 heterocycles. The average molecular weight is 621 g/mol. The second-order valence-electron chi connectivity index (χ2n) is 10.9. The van der Waals surface area contributed by atoms with Gasteiger partial charge in [-0.05, 0) is 63.8 Å². The number of amides is 1. The van der Waals surface area contributed by atoms with E-state index in [1.807, 2.05) is 25.3 Å². The number of aryl methyl sites for hydroxylation is 1. The summed E-state index contributed by atoms with van der Waals surface area (Å²) in [6.45, 7) is 10.1. The van der Waals surface area contributed by atoms with Crippen molar-refractivity contribution in [3.8, 4) is 0 Å². The highest BCUT2D eigenvalue weighted by Gasteiger charge is 2.23. The van der Waals surface area contributed by atoms with Crippen LogP contribution in [-0.2, 0) is 24.4 Å². The number of hydrogen-bond acceptors (Lipinski definition) is 4. The monoisotopic (exact) mass is 619 g/mol. The van der Waals surface area contributed by atoms with E-state index in [2.05, 4.69) is 51.0 Å². The lowest BCUT2D eigenvalue weighted by molar-refractivity contribution is 0.0791. The largest absolute Gasteiger partial charge is 0.465 e. The van der Waals surface area contributed by atoms with E-state index in [-0.39, 0.29) is 6.54 Å². The summed E-state index contributed by atoms with van der Waals surface area (Å²) in [5.74, 6) is -0.958. The Morgan fingerprint density at radius 3 is 2.54 bits per heavy atom. The van der Waals surface area contributed by atoms with Gasteiger partial charge in [0.2, 0.25) is 0 Å². The molecule has 0 radical (unpaired) electrons. The molecule has 12 heteroatoms. The fourth-order valence-corrected chi connectivity index (χ4v) is 5.60. The number of nitrogens with zero attached hydrogens (tertiary/aromatic N) is 4. The number of ether oxygens (including phenoxy) is 1. The Morgan fingerprint density at radius 2 is 1.87 bits per heavy atom. The van der Waals surface area contributed by atoms with Crippen molar-refractivity contribution < 1.29 is 23.4 Å². The van der Waals surface area contributed by atoms with Gasteiger partial charge in [-0.2, -0.15) is 5.10 Å². The highest BCUT2D eigenvalue weighted by atomic mass is 79.9. The molecule has 0 spiro atoms. The van der Waals surface area contributed by atoms with Gasteiger partial charge in [-0.25, -0.2) is 23.2 Å². The summed E-state index contributed by atoms with van der Waals surface area (Å²) in [7, 11) is -1.17. The predicted molar refractivity (Wildman–Crippen MR) is 152 cm³/mol. The van der Waals surface area contributed by atoms with Crippen LogP contribution in [0.15, 0.2) is 47.3 Å². The van der Waals surface area contributed by atoms with Crippen molar-refractivity contribution in [2.75, 3.05) is 6.61 Å². The van der Waals surface area contributed by atoms with Gasteiger partial charge in [0.05, 0.1) is 24.3 Å². The van der Waals surface area contributed by atoms with E-state index in [4.69, 9.17) is 4.74 Å². The lowest BCUT2D eigenvalue weighted by atomic mass is 10.0. The molecule has 1 atom stereocenters. The van der Waals surface area contributed by atoms with E-state index in [1.54, 1.807) is 15.4 Å². The first kappa shape index (κ1) is 28.9. The smallest absolute Gasteiger partial charge is 0.405 e. The fourth-order valence-electron chi connectivity index (χ4n) is 4.44. The van der Waals surface area contributed by atoms with Gasteiger partial charge in [0.15, 0.2) is 0 Å². The number of benzene rings is 2. The zero-order valence-electron chi connectivity index (χ0n) is 22.3. The number of hydrogen-bond donors (Lipinski definition) is 2. The summed E-state index contributed by atoms with van der Waals surface area (Å²) in [4.78, 5) is 16.2. The molecule has 0 aliphatic carbocycles. The van der Waals surface area contributed by atoms with Crippen LogP contribution in [0.25, 0.3) is 10.9 Å². The molecular formula is C27H32BrF2N5O3Si. The molecular weight excluding hydrogens is 588 g/mol. The van der Waals surface area contributed by atoms with E-state index in [9.17, 15) is 18.7 Å². The number of rotatable bonds is 11. The van der Waals surface area contributed by atoms with Gasteiger partial charge in [0.1, 0.15) is 28.8 Å². The third-order valence-electron chi connectivity index (χ3n) is 6.28. The molecule has 2 N–H and O–H groups in total. The molecule has 1 unspecified atom stereocenters. The summed E-state index contributed by atoms with van der Waals surface area (Å²) in [5, 5.41) is 17.7. The Hall–Kier alpha value is -3.09. The second-order valence-corrected chi connectivity index (χ2v) is 17.3. The van der Waals surface area contributed by atoms with E-state index in [0.29, 0.717) is 35.7 Å². The molecule has 0 bridgehead atoms. The minimum atomic E-state index is -1.21. The van der Waals surface area contributed by atoms with Gasteiger partial charge in [-0.3, -0.25) is 0 Å². The summed E-state index contributed by atoms with van der Waals surface area (Å²) >= 11 is 3.43. The topological polar surface area (TPSA) is 94.2 Å². The van der Waals surface area contributed by atoms with Gasteiger partial charge in [-0.15, -0.1) is 0 Å². The zero-order valence-corrected chi connectivity index (χ0v) is 24.9. The summed E-state index contributed by atoms with van der Waals surface area (Å²) < 4.78 is 37.5. The number of carboxylic acid groups (broad SMARTS) is 1. The lowest BCUT2D eigenvalue weighted by Crippen LogP contribution is -2.31. The van der Waals surface area contributed by atoms with Crippen LogP contribution in [0.2, 0.25) is 25.7 Å². The van der Waals surface area contributed by atoms with Gasteiger partial charge in [0.25, 0.3) is 0 Å². The number of fused-ring (bicyclic) bond motifs is 1. The van der Waals surface area contributed by atoms with E-state index in [0.717, 1.165) is 34.1 Å². The summed E-state index contributed by atoms with van der Waals surface area (Å²) in [6, 6.07) is 7.60. The van der Waals surface area contributed by atoms with Gasteiger partial charge >= 0.3 is 6.09 Å². The normalized spacial score (nSPS) is 12.7. The quantitative estimate of drug-likeness (QED) is 0.148. The molecule has 4 aromatic rings. The molecule has 39 heavy (non-hydrogen) atoms. The summed E-state index contributed by atoms with van der Waals surface area (Å²) in [5.41, 5.74) is 3.09. The van der Waals surface area contributed by atoms with E-state index >= 15 is 0 Å². The van der Waals surface area contributed by atoms with Crippen LogP contribution in [0.4, 0.5) is 13.6 Å². The van der Waals surface area contributed by atoms with Crippen molar-refractivity contribution in [1.29, 1.82) is 0 Å². The SMILES string of the molecule is Cc1cc(CC(NC(=O)O)c2ncc(Br)n2Cc2cc(F)cc(F)c2)cc2cn(COCC[Si](C)(C)C)nc12. The average Bonchev–Trinajstić information content (AvgIpc) is 3.38. The molecule has 4 rings (SSSR count). The maximum atomic E-state index is 13.8. The van der Waals surface area contributed by atoms with Crippen LogP contribution in [0, 0.1) is 18.6 Å². The second kappa shape index (κ2) is 12.0. The van der Waals surface area contributed by atoms with Crippen LogP contribution < -0.4 is 5.32 Å². The fraction of sp³-hybridized carbons (Fsp3) is 0.370. The standard InChI is InChI=1S/C27H32BrF2N5O3Si/c1-17-7-18(8-20-15-34(33-25(17)20)16-38-5-6-39(2,3)4)11-23(32-27(36)37)26-31-13-24(28)35(26)14-19-9-21(29)12-22(30)10-19/h7-10,12-13,15,23,32H,5-6,11,14,16H2,1-4H3,(H,36,37). The maximum absolute atomic E-state index is 13.8. The van der Waals surface area contributed by atoms with Crippen LogP contribution in [0.1, 0.15) is 28.6 Å². The van der Waals surface area contributed by atoms with Crippen LogP contribution >= 0.6 is 15.9 Å². The minimum absolute atomic E-state index is 0.102. The molecule has 0 saturated carbocycles. The first-order chi connectivity index (χ1) is 18.4. The molecule has 0 fully saturated rings. The molecule has 1 amide bonds. The first-order valence-electron chi connectivity index (χ1n) is 12.6. The maximum Gasteiger partial charge on any atom is 0.405 e.